The highest BCUT2D eigenvalue weighted by Crippen LogP contribution is 2.27. The van der Waals surface area contributed by atoms with Gasteiger partial charge in [0.05, 0.1) is 0 Å². The summed E-state index contributed by atoms with van der Waals surface area (Å²) < 4.78 is 0. The van der Waals surface area contributed by atoms with Crippen LogP contribution in [0.2, 0.25) is 0 Å². The molecule has 0 fully saturated rings. The quantitative estimate of drug-likeness (QED) is 0.618. The van der Waals surface area contributed by atoms with Gasteiger partial charge in [0.1, 0.15) is 0 Å². The molecule has 2 aromatic carbocycles. The zero-order valence-electron chi connectivity index (χ0n) is 14.7. The molecule has 0 aliphatic heterocycles. The summed E-state index contributed by atoms with van der Waals surface area (Å²) in [6.07, 6.45) is 3.50. The molecule has 0 heterocycles. The Hall–Kier alpha value is -2.09. The van der Waals surface area contributed by atoms with Crippen LogP contribution in [0.25, 0.3) is 0 Å². The molecule has 0 aliphatic carbocycles. The summed E-state index contributed by atoms with van der Waals surface area (Å²) in [7, 11) is 0. The van der Waals surface area contributed by atoms with E-state index >= 15 is 0 Å². The van der Waals surface area contributed by atoms with Crippen LogP contribution in [0, 0.1) is 0 Å². The third kappa shape index (κ3) is 3.17. The summed E-state index contributed by atoms with van der Waals surface area (Å²) in [5, 5.41) is 0. The molecule has 0 aliphatic rings. The van der Waals surface area contributed by atoms with E-state index in [1.165, 1.54) is 11.1 Å². The van der Waals surface area contributed by atoms with Gasteiger partial charge in [0.15, 0.2) is 5.78 Å². The molecule has 122 valence electrons. The number of rotatable bonds is 6. The minimum Gasteiger partial charge on any atom is -0.398 e. The molecule has 0 atom stereocenters. The lowest BCUT2D eigenvalue weighted by atomic mass is 9.87. The lowest BCUT2D eigenvalue weighted by Crippen LogP contribution is -2.12. The first-order chi connectivity index (χ1) is 11.1. The molecule has 2 N–H and O–H groups in total. The van der Waals surface area contributed by atoms with Crippen molar-refractivity contribution in [3.05, 3.63) is 63.7 Å². The van der Waals surface area contributed by atoms with Crippen molar-refractivity contribution in [2.24, 2.45) is 0 Å². The van der Waals surface area contributed by atoms with Crippen LogP contribution in [0.3, 0.4) is 0 Å². The molecule has 0 saturated carbocycles. The molecule has 0 amide bonds. The van der Waals surface area contributed by atoms with Gasteiger partial charge in [-0.3, -0.25) is 4.79 Å². The molecule has 0 aromatic heterocycles. The summed E-state index contributed by atoms with van der Waals surface area (Å²) in [6, 6.07) is 9.85. The van der Waals surface area contributed by atoms with E-state index in [2.05, 4.69) is 33.8 Å². The molecule has 0 radical (unpaired) electrons. The summed E-state index contributed by atoms with van der Waals surface area (Å²) >= 11 is 0. The first-order valence-electron chi connectivity index (χ1n) is 8.64. The van der Waals surface area contributed by atoms with Gasteiger partial charge in [-0.1, -0.05) is 45.9 Å². The van der Waals surface area contributed by atoms with E-state index in [4.69, 9.17) is 5.73 Å². The van der Waals surface area contributed by atoms with E-state index in [0.29, 0.717) is 0 Å². The maximum Gasteiger partial charge on any atom is 0.193 e. The average Bonchev–Trinajstić information content (AvgIpc) is 2.59. The van der Waals surface area contributed by atoms with Gasteiger partial charge in [0, 0.05) is 16.8 Å². The van der Waals surface area contributed by atoms with Crippen molar-refractivity contribution in [1.29, 1.82) is 0 Å². The number of anilines is 1. The maximum atomic E-state index is 13.2. The number of nitrogens with two attached hydrogens (primary N) is 1. The van der Waals surface area contributed by atoms with Gasteiger partial charge in [0.25, 0.3) is 0 Å². The number of aryl methyl sites for hydroxylation is 1. The number of ketones is 1. The van der Waals surface area contributed by atoms with Gasteiger partial charge >= 0.3 is 0 Å². The topological polar surface area (TPSA) is 43.1 Å². The van der Waals surface area contributed by atoms with E-state index in [9.17, 15) is 4.79 Å². The molecule has 0 saturated heterocycles. The number of nitrogen functional groups attached to an aromatic ring is 1. The highest BCUT2D eigenvalue weighted by molar-refractivity contribution is 6.11. The Morgan fingerprint density at radius 2 is 1.39 bits per heavy atom. The average molecular weight is 309 g/mol. The Balaban J connectivity index is 2.63. The first kappa shape index (κ1) is 17.3. The number of carbonyl (C=O) groups is 1. The zero-order chi connectivity index (χ0) is 17.0. The van der Waals surface area contributed by atoms with E-state index in [0.717, 1.165) is 53.6 Å². The van der Waals surface area contributed by atoms with Crippen molar-refractivity contribution in [1.82, 2.24) is 0 Å². The monoisotopic (exact) mass is 309 g/mol. The van der Waals surface area contributed by atoms with Crippen LogP contribution in [0.4, 0.5) is 5.69 Å². The molecule has 2 nitrogen and oxygen atoms in total. The molecule has 0 spiro atoms. The minimum absolute atomic E-state index is 0.128. The molecule has 2 rings (SSSR count). The van der Waals surface area contributed by atoms with Crippen LogP contribution in [0.5, 0.6) is 0 Å². The van der Waals surface area contributed by atoms with Crippen LogP contribution in [0.1, 0.15) is 65.9 Å². The fourth-order valence-electron chi connectivity index (χ4n) is 3.49. The summed E-state index contributed by atoms with van der Waals surface area (Å²) in [5.41, 5.74) is 13.2. The van der Waals surface area contributed by atoms with Crippen molar-refractivity contribution < 1.29 is 4.79 Å². The molecule has 23 heavy (non-hydrogen) atoms. The summed E-state index contributed by atoms with van der Waals surface area (Å²) in [5.74, 6) is 0.128. The van der Waals surface area contributed by atoms with Crippen LogP contribution in [-0.2, 0) is 25.7 Å². The normalized spacial score (nSPS) is 10.8. The Morgan fingerprint density at radius 3 is 1.96 bits per heavy atom. The van der Waals surface area contributed by atoms with E-state index in [1.807, 2.05) is 24.3 Å². The number of hydrogen-bond acceptors (Lipinski definition) is 2. The third-order valence-electron chi connectivity index (χ3n) is 4.67. The standard InChI is InChI=1S/C21H27NO/c1-5-14-10-9-11-18(15(14)6-2)21(23)19-12-13-20(22)17(8-4)16(19)7-3/h9-13H,5-8,22H2,1-4H3. The highest BCUT2D eigenvalue weighted by Gasteiger charge is 2.19. The fourth-order valence-corrected chi connectivity index (χ4v) is 3.49. The van der Waals surface area contributed by atoms with Crippen molar-refractivity contribution in [2.45, 2.75) is 53.4 Å². The molecule has 2 heteroatoms. The second kappa shape index (κ2) is 7.45. The summed E-state index contributed by atoms with van der Waals surface area (Å²) in [6.45, 7) is 8.44. The van der Waals surface area contributed by atoms with Crippen molar-refractivity contribution in [3.63, 3.8) is 0 Å². The fraction of sp³-hybridized carbons (Fsp3) is 0.381. The van der Waals surface area contributed by atoms with Crippen molar-refractivity contribution >= 4 is 11.5 Å². The Labute approximate surface area is 139 Å². The predicted molar refractivity (Wildman–Crippen MR) is 98.2 cm³/mol. The van der Waals surface area contributed by atoms with Crippen molar-refractivity contribution in [3.8, 4) is 0 Å². The Morgan fingerprint density at radius 1 is 0.783 bits per heavy atom. The lowest BCUT2D eigenvalue weighted by molar-refractivity contribution is 0.103. The van der Waals surface area contributed by atoms with Crippen LogP contribution in [-0.4, -0.2) is 5.78 Å². The second-order valence-electron chi connectivity index (χ2n) is 5.85. The molecular weight excluding hydrogens is 282 g/mol. The van der Waals surface area contributed by atoms with Gasteiger partial charge in [-0.05, 0) is 60.1 Å². The van der Waals surface area contributed by atoms with Gasteiger partial charge in [0.2, 0.25) is 0 Å². The largest absolute Gasteiger partial charge is 0.398 e. The number of carbonyl (C=O) groups excluding carboxylic acids is 1. The van der Waals surface area contributed by atoms with E-state index in [-0.39, 0.29) is 5.78 Å². The lowest BCUT2D eigenvalue weighted by Gasteiger charge is -2.17. The van der Waals surface area contributed by atoms with E-state index < -0.39 is 0 Å². The van der Waals surface area contributed by atoms with Gasteiger partial charge in [-0.15, -0.1) is 0 Å². The molecule has 0 bridgehead atoms. The van der Waals surface area contributed by atoms with Gasteiger partial charge in [-0.2, -0.15) is 0 Å². The smallest absolute Gasteiger partial charge is 0.193 e. The second-order valence-corrected chi connectivity index (χ2v) is 5.85. The molecule has 0 unspecified atom stereocenters. The van der Waals surface area contributed by atoms with Gasteiger partial charge < -0.3 is 5.73 Å². The minimum atomic E-state index is 0.128. The van der Waals surface area contributed by atoms with Crippen LogP contribution in [0.15, 0.2) is 30.3 Å². The maximum absolute atomic E-state index is 13.2. The molecular formula is C21H27NO. The zero-order valence-corrected chi connectivity index (χ0v) is 14.7. The highest BCUT2D eigenvalue weighted by atomic mass is 16.1. The van der Waals surface area contributed by atoms with E-state index in [1.54, 1.807) is 0 Å². The first-order valence-corrected chi connectivity index (χ1v) is 8.64. The number of benzene rings is 2. The van der Waals surface area contributed by atoms with Crippen LogP contribution < -0.4 is 5.73 Å². The molecule has 2 aromatic rings. The number of hydrogen-bond donors (Lipinski definition) is 1. The Kier molecular flexibility index (Phi) is 5.59. The van der Waals surface area contributed by atoms with Crippen LogP contribution >= 0.6 is 0 Å². The predicted octanol–water partition coefficient (Wildman–Crippen LogP) is 4.75. The Bertz CT molecular complexity index is 716. The SMILES string of the molecule is CCc1cccc(C(=O)c2ccc(N)c(CC)c2CC)c1CC. The van der Waals surface area contributed by atoms with Crippen molar-refractivity contribution in [2.75, 3.05) is 5.73 Å². The third-order valence-corrected chi connectivity index (χ3v) is 4.67. The summed E-state index contributed by atoms with van der Waals surface area (Å²) in [4.78, 5) is 13.2. The van der Waals surface area contributed by atoms with Gasteiger partial charge in [-0.25, -0.2) is 0 Å².